The summed E-state index contributed by atoms with van der Waals surface area (Å²) >= 11 is 1.25. The van der Waals surface area contributed by atoms with Crippen molar-refractivity contribution in [2.45, 2.75) is 5.50 Å². The van der Waals surface area contributed by atoms with Crippen molar-refractivity contribution in [2.24, 2.45) is 5.73 Å². The summed E-state index contributed by atoms with van der Waals surface area (Å²) in [7, 11) is 3.55. The zero-order valence-corrected chi connectivity index (χ0v) is 16.0. The first-order chi connectivity index (χ1) is 12.8. The van der Waals surface area contributed by atoms with Gasteiger partial charge in [-0.15, -0.1) is 0 Å². The maximum Gasteiger partial charge on any atom is 0.323 e. The number of aliphatic carboxylic acids is 1. The predicted octanol–water partition coefficient (Wildman–Crippen LogP) is -0.0613. The van der Waals surface area contributed by atoms with E-state index >= 15 is 0 Å². The number of rotatable bonds is 8. The van der Waals surface area contributed by atoms with E-state index in [4.69, 9.17) is 5.73 Å². The van der Waals surface area contributed by atoms with Crippen molar-refractivity contribution in [3.8, 4) is 0 Å². The Balaban J connectivity index is 2.21. The van der Waals surface area contributed by atoms with Gasteiger partial charge in [0.05, 0.1) is 13.2 Å². The first kappa shape index (κ1) is 20.7. The zero-order valence-electron chi connectivity index (χ0n) is 15.2. The van der Waals surface area contributed by atoms with Gasteiger partial charge in [-0.05, 0) is 26.2 Å². The smallest absolute Gasteiger partial charge is 0.323 e. The number of carbonyl (C=O) groups is 3. The molecule has 0 aromatic heterocycles. The van der Waals surface area contributed by atoms with Crippen molar-refractivity contribution in [3.05, 3.63) is 47.1 Å². The average molecular weight is 393 g/mol. The first-order valence-electron chi connectivity index (χ1n) is 8.18. The number of nitrogens with zero attached hydrogens (tertiary/aromatic N) is 3. The number of amides is 2. The van der Waals surface area contributed by atoms with E-state index in [0.717, 1.165) is 4.90 Å². The minimum absolute atomic E-state index is 0.00390. The predicted molar refractivity (Wildman–Crippen MR) is 102 cm³/mol. The maximum absolute atomic E-state index is 12.9. The Bertz CT molecular complexity index is 725. The molecule has 146 valence electrons. The molecule has 1 aliphatic heterocycles. The third kappa shape index (κ3) is 5.46. The topological polar surface area (TPSA) is 119 Å². The summed E-state index contributed by atoms with van der Waals surface area (Å²) in [4.78, 5) is 40.7. The molecule has 1 atom stereocenters. The monoisotopic (exact) mass is 393 g/mol. The molecule has 0 radical (unpaired) electrons. The summed E-state index contributed by atoms with van der Waals surface area (Å²) in [5, 5.41) is 13.7. The molecule has 2 amide bonds. The highest BCUT2D eigenvalue weighted by Gasteiger charge is 2.34. The minimum atomic E-state index is -1.15. The summed E-state index contributed by atoms with van der Waals surface area (Å²) in [6.45, 7) is -0.314. The molecule has 27 heavy (non-hydrogen) atoms. The van der Waals surface area contributed by atoms with Gasteiger partial charge in [-0.1, -0.05) is 30.0 Å². The van der Waals surface area contributed by atoms with Crippen LogP contribution in [0.1, 0.15) is 10.4 Å². The SMILES string of the molecule is CN(C)CC(=O)NC1SC=C(N(CC(=O)O)C(=O)c2ccccc2)N1CN. The molecule has 9 nitrogen and oxygen atoms in total. The number of carbonyl (C=O) groups excluding carboxylic acids is 2. The maximum atomic E-state index is 12.9. The van der Waals surface area contributed by atoms with Gasteiger partial charge in [0.2, 0.25) is 5.91 Å². The molecule has 0 fully saturated rings. The van der Waals surface area contributed by atoms with Crippen molar-refractivity contribution in [3.63, 3.8) is 0 Å². The molecule has 0 bridgehead atoms. The van der Waals surface area contributed by atoms with E-state index in [9.17, 15) is 19.5 Å². The Labute approximate surface area is 161 Å². The number of likely N-dealkylation sites (N-methyl/N-ethyl adjacent to an activating group) is 1. The average Bonchev–Trinajstić information content (AvgIpc) is 3.01. The zero-order chi connectivity index (χ0) is 20.0. The summed E-state index contributed by atoms with van der Waals surface area (Å²) in [5.74, 6) is -1.47. The fourth-order valence-electron chi connectivity index (χ4n) is 2.51. The van der Waals surface area contributed by atoms with Crippen molar-refractivity contribution < 1.29 is 19.5 Å². The number of benzene rings is 1. The summed E-state index contributed by atoms with van der Waals surface area (Å²) in [6, 6.07) is 8.40. The molecule has 1 aromatic carbocycles. The first-order valence-corrected chi connectivity index (χ1v) is 9.13. The standard InChI is InChI=1S/C17H23N5O4S/c1-20(2)8-13(23)19-17-22(11-18)14(10-27-17)21(9-15(24)25)16(26)12-6-4-3-5-7-12/h3-7,10,17H,8-9,11,18H2,1-2H3,(H,19,23)(H,24,25). The summed E-state index contributed by atoms with van der Waals surface area (Å²) < 4.78 is 0. The summed E-state index contributed by atoms with van der Waals surface area (Å²) in [6.07, 6.45) is 0. The molecular formula is C17H23N5O4S. The Hall–Kier alpha value is -2.56. The number of nitrogens with one attached hydrogen (secondary N) is 1. The fraction of sp³-hybridized carbons (Fsp3) is 0.353. The van der Waals surface area contributed by atoms with Gasteiger partial charge in [0.15, 0.2) is 5.50 Å². The number of thioether (sulfide) groups is 1. The van der Waals surface area contributed by atoms with Gasteiger partial charge in [0, 0.05) is 11.0 Å². The molecular weight excluding hydrogens is 370 g/mol. The Morgan fingerprint density at radius 1 is 1.22 bits per heavy atom. The van der Waals surface area contributed by atoms with Crippen LogP contribution in [0.3, 0.4) is 0 Å². The second-order valence-corrected chi connectivity index (χ2v) is 7.03. The molecule has 1 unspecified atom stereocenters. The molecule has 10 heteroatoms. The second kappa shape index (κ2) is 9.40. The highest BCUT2D eigenvalue weighted by Crippen LogP contribution is 2.31. The quantitative estimate of drug-likeness (QED) is 0.562. The van der Waals surface area contributed by atoms with E-state index in [2.05, 4.69) is 5.32 Å². The third-order valence-corrected chi connectivity index (χ3v) is 4.63. The van der Waals surface area contributed by atoms with Crippen LogP contribution in [-0.4, -0.2) is 76.9 Å². The normalized spacial score (nSPS) is 16.2. The molecule has 1 heterocycles. The van der Waals surface area contributed by atoms with Crippen LogP contribution in [0.2, 0.25) is 0 Å². The van der Waals surface area contributed by atoms with E-state index in [1.807, 2.05) is 0 Å². The van der Waals surface area contributed by atoms with Gasteiger partial charge in [0.1, 0.15) is 12.4 Å². The van der Waals surface area contributed by atoms with Crippen LogP contribution in [0.4, 0.5) is 0 Å². The van der Waals surface area contributed by atoms with E-state index in [-0.39, 0.29) is 19.1 Å². The number of hydrogen-bond acceptors (Lipinski definition) is 7. The second-order valence-electron chi connectivity index (χ2n) is 6.07. The van der Waals surface area contributed by atoms with E-state index in [0.29, 0.717) is 11.4 Å². The molecule has 4 N–H and O–H groups in total. The van der Waals surface area contributed by atoms with Crippen LogP contribution in [0.25, 0.3) is 0 Å². The van der Waals surface area contributed by atoms with Crippen molar-refractivity contribution in [1.82, 2.24) is 20.0 Å². The number of carboxylic acids is 1. The molecule has 0 saturated heterocycles. The number of nitrogens with two attached hydrogens (primary N) is 1. The van der Waals surface area contributed by atoms with Gasteiger partial charge in [-0.25, -0.2) is 0 Å². The highest BCUT2D eigenvalue weighted by molar-refractivity contribution is 8.02. The molecule has 0 aliphatic carbocycles. The lowest BCUT2D eigenvalue weighted by Crippen LogP contribution is -2.51. The van der Waals surface area contributed by atoms with Crippen molar-refractivity contribution >= 4 is 29.5 Å². The lowest BCUT2D eigenvalue weighted by Gasteiger charge is -2.33. The number of carboxylic acid groups (broad SMARTS) is 1. The third-order valence-electron chi connectivity index (χ3n) is 3.66. The van der Waals surface area contributed by atoms with Gasteiger partial charge in [0.25, 0.3) is 5.91 Å². The van der Waals surface area contributed by atoms with Gasteiger partial charge in [-0.3, -0.25) is 19.3 Å². The van der Waals surface area contributed by atoms with Crippen LogP contribution < -0.4 is 11.1 Å². The lowest BCUT2D eigenvalue weighted by atomic mass is 10.2. The molecule has 0 saturated carbocycles. The number of hydrogen-bond donors (Lipinski definition) is 3. The van der Waals surface area contributed by atoms with Gasteiger partial charge in [-0.2, -0.15) is 0 Å². The molecule has 1 aromatic rings. The largest absolute Gasteiger partial charge is 0.480 e. The lowest BCUT2D eigenvalue weighted by molar-refractivity contribution is -0.137. The highest BCUT2D eigenvalue weighted by atomic mass is 32.2. The molecule has 1 aliphatic rings. The Morgan fingerprint density at radius 3 is 2.44 bits per heavy atom. The molecule has 0 spiro atoms. The van der Waals surface area contributed by atoms with E-state index < -0.39 is 23.9 Å². The Kier molecular flexibility index (Phi) is 7.22. The van der Waals surface area contributed by atoms with Crippen LogP contribution in [-0.2, 0) is 9.59 Å². The van der Waals surface area contributed by atoms with Crippen LogP contribution >= 0.6 is 11.8 Å². The van der Waals surface area contributed by atoms with E-state index in [1.165, 1.54) is 11.8 Å². The fourth-order valence-corrected chi connectivity index (χ4v) is 3.56. The van der Waals surface area contributed by atoms with E-state index in [1.54, 1.807) is 59.6 Å². The van der Waals surface area contributed by atoms with Gasteiger partial charge < -0.3 is 26.0 Å². The van der Waals surface area contributed by atoms with Gasteiger partial charge >= 0.3 is 5.97 Å². The summed E-state index contributed by atoms with van der Waals surface area (Å²) in [5.41, 5.74) is 5.67. The van der Waals surface area contributed by atoms with Crippen LogP contribution in [0.15, 0.2) is 41.6 Å². The molecule has 2 rings (SSSR count). The van der Waals surface area contributed by atoms with Crippen molar-refractivity contribution in [1.29, 1.82) is 0 Å². The van der Waals surface area contributed by atoms with Crippen LogP contribution in [0.5, 0.6) is 0 Å². The Morgan fingerprint density at radius 2 is 1.89 bits per heavy atom. The van der Waals surface area contributed by atoms with Crippen LogP contribution in [0, 0.1) is 0 Å². The van der Waals surface area contributed by atoms with Crippen molar-refractivity contribution in [2.75, 3.05) is 33.9 Å². The minimum Gasteiger partial charge on any atom is -0.480 e.